The first-order valence-electron chi connectivity index (χ1n) is 4.81. The predicted molar refractivity (Wildman–Crippen MR) is 69.4 cm³/mol. The molecule has 5 heteroatoms. The number of hydrogen-bond acceptors (Lipinski definition) is 2. The monoisotopic (exact) mass is 256 g/mol. The second kappa shape index (κ2) is 6.21. The van der Waals surface area contributed by atoms with Crippen LogP contribution in [0, 0.1) is 0 Å². The Bertz CT molecular complexity index is 556. The maximum absolute atomic E-state index is 11.9. The molecule has 0 bridgehead atoms. The molecule has 0 saturated carbocycles. The molecule has 1 radical (unpaired) electrons. The Kier molecular flexibility index (Phi) is 5.21. The first-order valence-corrected chi connectivity index (χ1v) is 6.30. The largest absolute Gasteiger partial charge is 0.280 e. The first-order chi connectivity index (χ1) is 7.68. The molecular formula is C12H11NNaO2S. The van der Waals surface area contributed by atoms with Gasteiger partial charge in [-0.25, -0.2) is 8.42 Å². The van der Waals surface area contributed by atoms with Crippen LogP contribution < -0.4 is 4.72 Å². The summed E-state index contributed by atoms with van der Waals surface area (Å²) in [5.41, 5.74) is 0.561. The van der Waals surface area contributed by atoms with E-state index in [2.05, 4.69) is 4.72 Å². The standard InChI is InChI=1S/C12H11NO2S.Na/c14-16(15,12-9-5-2-6-10-12)13-11-7-3-1-4-8-11;/h1-10,13H;. The van der Waals surface area contributed by atoms with Gasteiger partial charge in [-0.05, 0) is 24.3 Å². The van der Waals surface area contributed by atoms with Crippen molar-refractivity contribution in [3.63, 3.8) is 0 Å². The summed E-state index contributed by atoms with van der Waals surface area (Å²) in [5.74, 6) is 0. The number of sulfonamides is 1. The summed E-state index contributed by atoms with van der Waals surface area (Å²) in [5, 5.41) is 0. The van der Waals surface area contributed by atoms with Crippen molar-refractivity contribution < 1.29 is 8.42 Å². The molecule has 0 unspecified atom stereocenters. The second-order valence-corrected chi connectivity index (χ2v) is 4.97. The minimum absolute atomic E-state index is 0. The molecule has 0 heterocycles. The fourth-order valence-electron chi connectivity index (χ4n) is 1.32. The van der Waals surface area contributed by atoms with Crippen LogP contribution >= 0.6 is 0 Å². The Morgan fingerprint density at radius 2 is 1.24 bits per heavy atom. The molecule has 2 rings (SSSR count). The summed E-state index contributed by atoms with van der Waals surface area (Å²) in [7, 11) is -3.46. The predicted octanol–water partition coefficient (Wildman–Crippen LogP) is 2.11. The van der Waals surface area contributed by atoms with Gasteiger partial charge >= 0.3 is 0 Å². The molecule has 0 aliphatic heterocycles. The molecule has 0 atom stereocenters. The molecule has 0 aromatic heterocycles. The van der Waals surface area contributed by atoms with Crippen molar-refractivity contribution in [2.45, 2.75) is 4.90 Å². The Hall–Kier alpha value is -0.810. The molecule has 0 aliphatic rings. The SMILES string of the molecule is O=S(=O)(Nc1ccccc1)c1ccccc1.[Na]. The third kappa shape index (κ3) is 3.85. The Morgan fingerprint density at radius 3 is 1.76 bits per heavy atom. The van der Waals surface area contributed by atoms with Gasteiger partial charge in [0.15, 0.2) is 0 Å². The van der Waals surface area contributed by atoms with Crippen LogP contribution in [0.5, 0.6) is 0 Å². The van der Waals surface area contributed by atoms with E-state index in [0.29, 0.717) is 5.69 Å². The molecule has 0 fully saturated rings. The molecule has 17 heavy (non-hydrogen) atoms. The van der Waals surface area contributed by atoms with Crippen molar-refractivity contribution in [3.8, 4) is 0 Å². The van der Waals surface area contributed by atoms with E-state index in [4.69, 9.17) is 0 Å². The maximum atomic E-state index is 11.9. The zero-order valence-corrected chi connectivity index (χ0v) is 12.3. The number of rotatable bonds is 3. The average Bonchev–Trinajstić information content (AvgIpc) is 2.31. The topological polar surface area (TPSA) is 46.2 Å². The van der Waals surface area contributed by atoms with Gasteiger partial charge < -0.3 is 0 Å². The minimum Gasteiger partial charge on any atom is -0.280 e. The van der Waals surface area contributed by atoms with Gasteiger partial charge in [-0.1, -0.05) is 36.4 Å². The van der Waals surface area contributed by atoms with E-state index < -0.39 is 10.0 Å². The molecule has 0 aliphatic carbocycles. The molecule has 2 aromatic rings. The average molecular weight is 256 g/mol. The Labute approximate surface area is 123 Å². The van der Waals surface area contributed by atoms with Crippen LogP contribution in [0.1, 0.15) is 0 Å². The van der Waals surface area contributed by atoms with Gasteiger partial charge in [-0.15, -0.1) is 0 Å². The third-order valence-electron chi connectivity index (χ3n) is 2.08. The van der Waals surface area contributed by atoms with E-state index in [-0.39, 0.29) is 34.5 Å². The van der Waals surface area contributed by atoms with E-state index in [1.165, 1.54) is 0 Å². The molecule has 2 aromatic carbocycles. The van der Waals surface area contributed by atoms with Crippen LogP contribution in [0.25, 0.3) is 0 Å². The summed E-state index contributed by atoms with van der Waals surface area (Å²) in [6.45, 7) is 0. The Balaban J connectivity index is 0.00000144. The van der Waals surface area contributed by atoms with Crippen molar-refractivity contribution in [1.29, 1.82) is 0 Å². The molecule has 83 valence electrons. The van der Waals surface area contributed by atoms with Gasteiger partial charge in [0.05, 0.1) is 4.90 Å². The van der Waals surface area contributed by atoms with E-state index in [1.807, 2.05) is 6.07 Å². The molecule has 0 saturated heterocycles. The fraction of sp³-hybridized carbons (Fsp3) is 0. The van der Waals surface area contributed by atoms with Gasteiger partial charge in [0.2, 0.25) is 0 Å². The number of benzene rings is 2. The van der Waals surface area contributed by atoms with Crippen molar-refractivity contribution in [2.24, 2.45) is 0 Å². The van der Waals surface area contributed by atoms with Crippen LogP contribution in [0.3, 0.4) is 0 Å². The molecule has 0 amide bonds. The number of anilines is 1. The summed E-state index contributed by atoms with van der Waals surface area (Å²) in [6, 6.07) is 17.1. The van der Waals surface area contributed by atoms with Gasteiger partial charge in [0, 0.05) is 35.2 Å². The van der Waals surface area contributed by atoms with Gasteiger partial charge in [-0.2, -0.15) is 0 Å². The fourth-order valence-corrected chi connectivity index (χ4v) is 2.40. The number of hydrogen-bond donors (Lipinski definition) is 1. The molecule has 3 nitrogen and oxygen atoms in total. The summed E-state index contributed by atoms with van der Waals surface area (Å²) < 4.78 is 26.3. The van der Waals surface area contributed by atoms with Gasteiger partial charge in [0.25, 0.3) is 10.0 Å². The van der Waals surface area contributed by atoms with E-state index >= 15 is 0 Å². The van der Waals surface area contributed by atoms with Crippen molar-refractivity contribution in [3.05, 3.63) is 60.7 Å². The van der Waals surface area contributed by atoms with Gasteiger partial charge in [-0.3, -0.25) is 4.72 Å². The van der Waals surface area contributed by atoms with Crippen LogP contribution in [0.4, 0.5) is 5.69 Å². The van der Waals surface area contributed by atoms with Crippen LogP contribution in [-0.2, 0) is 10.0 Å². The zero-order valence-electron chi connectivity index (χ0n) is 9.50. The summed E-state index contributed by atoms with van der Waals surface area (Å²) >= 11 is 0. The van der Waals surface area contributed by atoms with Crippen LogP contribution in [0.2, 0.25) is 0 Å². The third-order valence-corrected chi connectivity index (χ3v) is 3.48. The van der Waals surface area contributed by atoms with Crippen molar-refractivity contribution >= 4 is 45.3 Å². The molecular weight excluding hydrogens is 245 g/mol. The quantitative estimate of drug-likeness (QED) is 0.855. The first kappa shape index (κ1) is 14.3. The number of para-hydroxylation sites is 1. The van der Waals surface area contributed by atoms with E-state index in [9.17, 15) is 8.42 Å². The van der Waals surface area contributed by atoms with Crippen molar-refractivity contribution in [1.82, 2.24) is 0 Å². The molecule has 1 N–H and O–H groups in total. The summed E-state index contributed by atoms with van der Waals surface area (Å²) in [4.78, 5) is 0.263. The van der Waals surface area contributed by atoms with Crippen molar-refractivity contribution in [2.75, 3.05) is 4.72 Å². The zero-order chi connectivity index (χ0) is 11.4. The molecule has 0 spiro atoms. The van der Waals surface area contributed by atoms with E-state index in [0.717, 1.165) is 0 Å². The van der Waals surface area contributed by atoms with Crippen LogP contribution in [0.15, 0.2) is 65.6 Å². The Morgan fingerprint density at radius 1 is 0.765 bits per heavy atom. The summed E-state index contributed by atoms with van der Waals surface area (Å²) in [6.07, 6.45) is 0. The maximum Gasteiger partial charge on any atom is 0.261 e. The van der Waals surface area contributed by atoms with E-state index in [1.54, 1.807) is 54.6 Å². The smallest absolute Gasteiger partial charge is 0.261 e. The van der Waals surface area contributed by atoms with Crippen LogP contribution in [-0.4, -0.2) is 38.0 Å². The second-order valence-electron chi connectivity index (χ2n) is 3.28. The normalized spacial score (nSPS) is 10.4. The minimum atomic E-state index is -3.46. The van der Waals surface area contributed by atoms with Gasteiger partial charge in [0.1, 0.15) is 0 Å². The number of nitrogens with one attached hydrogen (secondary N) is 1.